The average molecular weight is 524 g/mol. The number of carbonyl (C=O) groups is 5. The van der Waals surface area contributed by atoms with Crippen LogP contribution in [-0.2, 0) is 19.1 Å². The van der Waals surface area contributed by atoms with Crippen LogP contribution in [0.2, 0.25) is 0 Å². The predicted octanol–water partition coefficient (Wildman–Crippen LogP) is 1.04. The van der Waals surface area contributed by atoms with Gasteiger partial charge < -0.3 is 30.3 Å². The van der Waals surface area contributed by atoms with Gasteiger partial charge in [0.25, 0.3) is 0 Å². The van der Waals surface area contributed by atoms with Gasteiger partial charge in [-0.25, -0.2) is 19.3 Å². The first-order valence-corrected chi connectivity index (χ1v) is 13.2. The minimum atomic E-state index is -1.20. The number of hydrogen-bond donors (Lipinski definition) is 2. The molecule has 0 aromatic rings. The molecule has 0 aromatic carbocycles. The zero-order valence-electron chi connectivity index (χ0n) is 22.3. The van der Waals surface area contributed by atoms with Crippen LogP contribution in [0.4, 0.5) is 9.59 Å². The minimum absolute atomic E-state index is 0.0458. The SMILES string of the molecule is CC(C)C(OC(=O)N1CCN(C(=O)N2C(=O)[C@H](CC3CCN(C(=O)CN)CC3)[C@H]2C(=O)O)CC1)C(C)C. The summed E-state index contributed by atoms with van der Waals surface area (Å²) in [4.78, 5) is 67.9. The number of piperazine rings is 1. The number of hydrogen-bond acceptors (Lipinski definition) is 7. The molecule has 2 atom stereocenters. The summed E-state index contributed by atoms with van der Waals surface area (Å²) >= 11 is 0. The van der Waals surface area contributed by atoms with Crippen LogP contribution in [0.15, 0.2) is 0 Å². The van der Waals surface area contributed by atoms with Gasteiger partial charge in [0, 0.05) is 39.3 Å². The number of ether oxygens (including phenoxy) is 1. The normalized spacial score (nSPS) is 23.1. The maximum atomic E-state index is 13.1. The number of imide groups is 1. The molecule has 3 aliphatic rings. The minimum Gasteiger partial charge on any atom is -0.480 e. The van der Waals surface area contributed by atoms with E-state index in [1.807, 2.05) is 27.7 Å². The molecule has 0 unspecified atom stereocenters. The first-order valence-electron chi connectivity index (χ1n) is 13.2. The Bertz CT molecular complexity index is 871. The lowest BCUT2D eigenvalue weighted by atomic mass is 9.77. The molecule has 208 valence electrons. The summed E-state index contributed by atoms with van der Waals surface area (Å²) in [6, 6.07) is -1.84. The fraction of sp³-hybridized carbons (Fsp3) is 0.800. The number of nitrogens with zero attached hydrogens (tertiary/aromatic N) is 4. The fourth-order valence-electron chi connectivity index (χ4n) is 5.65. The van der Waals surface area contributed by atoms with Gasteiger partial charge >= 0.3 is 18.1 Å². The predicted molar refractivity (Wildman–Crippen MR) is 133 cm³/mol. The van der Waals surface area contributed by atoms with Gasteiger partial charge in [-0.05, 0) is 37.0 Å². The van der Waals surface area contributed by atoms with E-state index in [9.17, 15) is 29.1 Å². The molecule has 3 heterocycles. The number of β-lactam (4-membered cyclic amide) rings is 1. The van der Waals surface area contributed by atoms with Crippen molar-refractivity contribution in [1.82, 2.24) is 19.6 Å². The second-order valence-electron chi connectivity index (χ2n) is 11.0. The number of nitrogens with two attached hydrogens (primary N) is 1. The van der Waals surface area contributed by atoms with Crippen molar-refractivity contribution >= 4 is 29.9 Å². The first kappa shape index (κ1) is 28.7. The van der Waals surface area contributed by atoms with Crippen LogP contribution < -0.4 is 5.73 Å². The molecule has 0 radical (unpaired) electrons. The Hall–Kier alpha value is -2.89. The second-order valence-corrected chi connectivity index (χ2v) is 11.0. The summed E-state index contributed by atoms with van der Waals surface area (Å²) in [5.41, 5.74) is 5.42. The third kappa shape index (κ3) is 6.34. The number of amides is 5. The summed E-state index contributed by atoms with van der Waals surface area (Å²) in [6.07, 6.45) is 1.07. The van der Waals surface area contributed by atoms with Crippen molar-refractivity contribution in [1.29, 1.82) is 0 Å². The summed E-state index contributed by atoms with van der Waals surface area (Å²) in [6.45, 7) is 9.88. The maximum Gasteiger partial charge on any atom is 0.410 e. The third-order valence-corrected chi connectivity index (χ3v) is 7.76. The Balaban J connectivity index is 1.53. The van der Waals surface area contributed by atoms with Crippen LogP contribution >= 0.6 is 0 Å². The van der Waals surface area contributed by atoms with E-state index in [1.54, 1.807) is 9.80 Å². The van der Waals surface area contributed by atoms with Gasteiger partial charge in [-0.1, -0.05) is 27.7 Å². The van der Waals surface area contributed by atoms with Crippen LogP contribution in [0.25, 0.3) is 0 Å². The first-order chi connectivity index (χ1) is 17.5. The van der Waals surface area contributed by atoms with Gasteiger partial charge in [-0.15, -0.1) is 0 Å². The van der Waals surface area contributed by atoms with Crippen molar-refractivity contribution in [3.05, 3.63) is 0 Å². The molecule has 12 nitrogen and oxygen atoms in total. The monoisotopic (exact) mass is 523 g/mol. The molecule has 0 aliphatic carbocycles. The molecule has 3 N–H and O–H groups in total. The van der Waals surface area contributed by atoms with E-state index in [0.29, 0.717) is 32.4 Å². The zero-order chi connectivity index (χ0) is 27.4. The number of rotatable bonds is 7. The highest BCUT2D eigenvalue weighted by molar-refractivity contribution is 6.07. The molecule has 3 fully saturated rings. The number of carbonyl (C=O) groups excluding carboxylic acids is 4. The zero-order valence-corrected chi connectivity index (χ0v) is 22.3. The van der Waals surface area contributed by atoms with Gasteiger partial charge in [-0.3, -0.25) is 9.59 Å². The number of aliphatic carboxylic acids is 1. The molecule has 3 aliphatic heterocycles. The maximum absolute atomic E-state index is 13.1. The Morgan fingerprint density at radius 2 is 1.46 bits per heavy atom. The smallest absolute Gasteiger partial charge is 0.410 e. The fourth-order valence-corrected chi connectivity index (χ4v) is 5.65. The summed E-state index contributed by atoms with van der Waals surface area (Å²) in [5, 5.41) is 9.80. The van der Waals surface area contributed by atoms with Crippen molar-refractivity contribution < 1.29 is 33.8 Å². The number of likely N-dealkylation sites (tertiary alicyclic amines) is 2. The molecule has 5 amide bonds. The van der Waals surface area contributed by atoms with Gasteiger partial charge in [0.05, 0.1) is 12.5 Å². The molecule has 37 heavy (non-hydrogen) atoms. The Morgan fingerprint density at radius 3 is 1.95 bits per heavy atom. The van der Waals surface area contributed by atoms with Crippen LogP contribution in [-0.4, -0.2) is 113 Å². The number of carboxylic acid groups (broad SMARTS) is 1. The largest absolute Gasteiger partial charge is 0.480 e. The Morgan fingerprint density at radius 1 is 0.919 bits per heavy atom. The van der Waals surface area contributed by atoms with Crippen LogP contribution in [0.5, 0.6) is 0 Å². The lowest BCUT2D eigenvalue weighted by Gasteiger charge is -2.47. The standard InChI is InChI=1S/C25H41N5O7/c1-15(2)21(16(3)4)37-25(36)29-11-9-28(10-12-29)24(35)30-20(23(33)34)18(22(30)32)13-17-5-7-27(8-6-17)19(31)14-26/h15-18,20-21H,5-14,26H2,1-4H3,(H,33,34)/t18-,20+/m1/s1. The van der Waals surface area contributed by atoms with Gasteiger partial charge in [0.15, 0.2) is 6.04 Å². The van der Waals surface area contributed by atoms with E-state index < -0.39 is 36.0 Å². The van der Waals surface area contributed by atoms with Crippen LogP contribution in [0.1, 0.15) is 47.0 Å². The van der Waals surface area contributed by atoms with Crippen molar-refractivity contribution in [3.8, 4) is 0 Å². The van der Waals surface area contributed by atoms with Gasteiger partial charge in [0.1, 0.15) is 6.10 Å². The van der Waals surface area contributed by atoms with Crippen LogP contribution in [0.3, 0.4) is 0 Å². The highest BCUT2D eigenvalue weighted by atomic mass is 16.6. The van der Waals surface area contributed by atoms with E-state index in [1.165, 1.54) is 4.90 Å². The molecule has 12 heteroatoms. The van der Waals surface area contributed by atoms with E-state index >= 15 is 0 Å². The van der Waals surface area contributed by atoms with E-state index in [-0.39, 0.29) is 62.5 Å². The molecule has 0 aromatic heterocycles. The third-order valence-electron chi connectivity index (χ3n) is 7.76. The van der Waals surface area contributed by atoms with Gasteiger partial charge in [-0.2, -0.15) is 0 Å². The molecule has 3 rings (SSSR count). The molecule has 3 saturated heterocycles. The number of piperidine rings is 1. The van der Waals surface area contributed by atoms with Crippen molar-refractivity contribution in [2.45, 2.75) is 59.1 Å². The number of urea groups is 1. The summed E-state index contributed by atoms with van der Waals surface area (Å²) in [7, 11) is 0. The molecule has 0 spiro atoms. The summed E-state index contributed by atoms with van der Waals surface area (Å²) < 4.78 is 5.68. The highest BCUT2D eigenvalue weighted by Gasteiger charge is 2.56. The Kier molecular flexibility index (Phi) is 9.38. The van der Waals surface area contributed by atoms with Crippen molar-refractivity contribution in [2.24, 2.45) is 29.4 Å². The van der Waals surface area contributed by atoms with E-state index in [4.69, 9.17) is 10.5 Å². The number of carboxylic acids is 1. The van der Waals surface area contributed by atoms with Crippen molar-refractivity contribution in [2.75, 3.05) is 45.8 Å². The van der Waals surface area contributed by atoms with E-state index in [2.05, 4.69) is 0 Å². The highest BCUT2D eigenvalue weighted by Crippen LogP contribution is 2.36. The quantitative estimate of drug-likeness (QED) is 0.469. The lowest BCUT2D eigenvalue weighted by Crippen LogP contribution is -2.69. The average Bonchev–Trinajstić information content (AvgIpc) is 2.87. The molecular formula is C25H41N5O7. The summed E-state index contributed by atoms with van der Waals surface area (Å²) in [5.74, 6) is -2.11. The topological polar surface area (TPSA) is 154 Å². The Labute approximate surface area is 218 Å². The molecule has 0 saturated carbocycles. The van der Waals surface area contributed by atoms with Gasteiger partial charge in [0.2, 0.25) is 11.8 Å². The molecule has 0 bridgehead atoms. The second kappa shape index (κ2) is 12.1. The van der Waals surface area contributed by atoms with Crippen LogP contribution in [0, 0.1) is 23.7 Å². The lowest BCUT2D eigenvalue weighted by molar-refractivity contribution is -0.168. The van der Waals surface area contributed by atoms with Crippen molar-refractivity contribution in [3.63, 3.8) is 0 Å². The van der Waals surface area contributed by atoms with E-state index in [0.717, 1.165) is 4.90 Å². The molecular weight excluding hydrogens is 482 g/mol.